The molecule has 0 atom stereocenters. The summed E-state index contributed by atoms with van der Waals surface area (Å²) in [5, 5.41) is 2.93. The van der Waals surface area contributed by atoms with Crippen LogP contribution in [-0.2, 0) is 10.0 Å². The molecule has 9 heteroatoms. The molecule has 0 unspecified atom stereocenters. The van der Waals surface area contributed by atoms with Gasteiger partial charge in [-0.25, -0.2) is 13.4 Å². The molecule has 0 fully saturated rings. The zero-order valence-electron chi connectivity index (χ0n) is 16.0. The molecule has 152 valence electrons. The molecule has 1 amide bonds. The third-order valence-electron chi connectivity index (χ3n) is 4.45. The topological polar surface area (TPSA) is 84.3 Å². The molecule has 0 aliphatic carbocycles. The molecule has 2 aromatic carbocycles. The van der Waals surface area contributed by atoms with Gasteiger partial charge in [-0.05, 0) is 42.5 Å². The van der Waals surface area contributed by atoms with Gasteiger partial charge >= 0.3 is 0 Å². The molecule has 0 saturated carbocycles. The minimum Gasteiger partial charge on any atom is -0.322 e. The van der Waals surface area contributed by atoms with E-state index in [0.29, 0.717) is 18.8 Å². The number of nitrogens with one attached hydrogen (secondary N) is 1. The van der Waals surface area contributed by atoms with Crippen LogP contribution in [0, 0.1) is 0 Å². The number of benzene rings is 2. The summed E-state index contributed by atoms with van der Waals surface area (Å²) in [4.78, 5) is 16.7. The van der Waals surface area contributed by atoms with Crippen molar-refractivity contribution in [2.24, 2.45) is 0 Å². The molecule has 0 bridgehead atoms. The summed E-state index contributed by atoms with van der Waals surface area (Å²) in [6, 6.07) is 11.3. The van der Waals surface area contributed by atoms with Gasteiger partial charge in [0.2, 0.25) is 10.0 Å². The Hall–Kier alpha value is -2.68. The zero-order chi connectivity index (χ0) is 21.0. The van der Waals surface area contributed by atoms with Crippen LogP contribution in [0.3, 0.4) is 0 Å². The number of carbonyl (C=O) groups excluding carboxylic acids is 1. The number of sulfonamides is 1. The molecule has 1 N–H and O–H groups in total. The Bertz CT molecular complexity index is 1090. The van der Waals surface area contributed by atoms with Crippen molar-refractivity contribution in [1.82, 2.24) is 13.9 Å². The van der Waals surface area contributed by atoms with Gasteiger partial charge in [0.25, 0.3) is 5.91 Å². The molecule has 0 spiro atoms. The highest BCUT2D eigenvalue weighted by atomic mass is 35.5. The average molecular weight is 433 g/mol. The van der Waals surface area contributed by atoms with Crippen molar-refractivity contribution in [3.63, 3.8) is 0 Å². The predicted molar refractivity (Wildman–Crippen MR) is 113 cm³/mol. The van der Waals surface area contributed by atoms with Gasteiger partial charge in [0.15, 0.2) is 0 Å². The van der Waals surface area contributed by atoms with Gasteiger partial charge in [0.1, 0.15) is 0 Å². The van der Waals surface area contributed by atoms with Crippen LogP contribution in [-0.4, -0.2) is 41.3 Å². The highest BCUT2D eigenvalue weighted by molar-refractivity contribution is 7.89. The maximum absolute atomic E-state index is 12.7. The van der Waals surface area contributed by atoms with E-state index < -0.39 is 15.9 Å². The van der Waals surface area contributed by atoms with E-state index in [1.807, 2.05) is 22.9 Å². The van der Waals surface area contributed by atoms with E-state index in [0.717, 1.165) is 5.69 Å². The number of nitrogens with zero attached hydrogens (tertiary/aromatic N) is 3. The molecule has 0 aliphatic heterocycles. The van der Waals surface area contributed by atoms with E-state index in [4.69, 9.17) is 11.6 Å². The van der Waals surface area contributed by atoms with Crippen LogP contribution in [0.25, 0.3) is 5.69 Å². The van der Waals surface area contributed by atoms with E-state index in [1.54, 1.807) is 38.5 Å². The first-order chi connectivity index (χ1) is 13.9. The molecule has 29 heavy (non-hydrogen) atoms. The molecule has 3 aromatic rings. The average Bonchev–Trinajstić information content (AvgIpc) is 3.24. The van der Waals surface area contributed by atoms with E-state index >= 15 is 0 Å². The number of anilines is 1. The van der Waals surface area contributed by atoms with Crippen LogP contribution < -0.4 is 5.32 Å². The summed E-state index contributed by atoms with van der Waals surface area (Å²) in [6.07, 6.45) is 5.17. The first kappa shape index (κ1) is 21.0. The Labute approximate surface area is 175 Å². The number of hydrogen-bond acceptors (Lipinski definition) is 4. The van der Waals surface area contributed by atoms with Crippen molar-refractivity contribution in [1.29, 1.82) is 0 Å². The fraction of sp³-hybridized carbons (Fsp3) is 0.200. The normalized spacial score (nSPS) is 11.6. The summed E-state index contributed by atoms with van der Waals surface area (Å²) in [5.41, 5.74) is 1.55. The van der Waals surface area contributed by atoms with Crippen molar-refractivity contribution < 1.29 is 13.2 Å². The molecule has 1 aromatic heterocycles. The number of imidazole rings is 1. The molecule has 0 radical (unpaired) electrons. The maximum atomic E-state index is 12.7. The lowest BCUT2D eigenvalue weighted by Crippen LogP contribution is -2.30. The molecule has 1 heterocycles. The van der Waals surface area contributed by atoms with Gasteiger partial charge in [-0.3, -0.25) is 4.79 Å². The van der Waals surface area contributed by atoms with Crippen molar-refractivity contribution >= 4 is 33.2 Å². The summed E-state index contributed by atoms with van der Waals surface area (Å²) < 4.78 is 28.6. The van der Waals surface area contributed by atoms with E-state index in [1.165, 1.54) is 22.5 Å². The van der Waals surface area contributed by atoms with E-state index in [-0.39, 0.29) is 15.5 Å². The lowest BCUT2D eigenvalue weighted by atomic mass is 10.2. The van der Waals surface area contributed by atoms with Gasteiger partial charge in [-0.1, -0.05) is 25.4 Å². The van der Waals surface area contributed by atoms with E-state index in [9.17, 15) is 13.2 Å². The molecular weight excluding hydrogens is 412 g/mol. The van der Waals surface area contributed by atoms with Crippen LogP contribution in [0.1, 0.15) is 24.2 Å². The van der Waals surface area contributed by atoms with Crippen LogP contribution >= 0.6 is 11.6 Å². The van der Waals surface area contributed by atoms with Crippen molar-refractivity contribution in [2.75, 3.05) is 18.4 Å². The quantitative estimate of drug-likeness (QED) is 0.615. The minimum atomic E-state index is -3.69. The molecule has 3 rings (SSSR count). The largest absolute Gasteiger partial charge is 0.322 e. The summed E-state index contributed by atoms with van der Waals surface area (Å²) >= 11 is 6.17. The maximum Gasteiger partial charge on any atom is 0.257 e. The fourth-order valence-corrected chi connectivity index (χ4v) is 4.57. The lowest BCUT2D eigenvalue weighted by molar-refractivity contribution is 0.102. The monoisotopic (exact) mass is 432 g/mol. The first-order valence-electron chi connectivity index (χ1n) is 9.06. The second kappa shape index (κ2) is 8.77. The Kier molecular flexibility index (Phi) is 6.36. The van der Waals surface area contributed by atoms with Crippen molar-refractivity contribution in [3.8, 4) is 5.69 Å². The third kappa shape index (κ3) is 4.50. The second-order valence-corrected chi connectivity index (χ2v) is 8.55. The van der Waals surface area contributed by atoms with Gasteiger partial charge in [-0.15, -0.1) is 0 Å². The predicted octanol–water partition coefficient (Wildman–Crippen LogP) is 3.81. The van der Waals surface area contributed by atoms with Crippen molar-refractivity contribution in [3.05, 3.63) is 71.8 Å². The second-order valence-electron chi connectivity index (χ2n) is 6.20. The highest BCUT2D eigenvalue weighted by Crippen LogP contribution is 2.24. The molecule has 0 aliphatic rings. The van der Waals surface area contributed by atoms with Crippen LogP contribution in [0.15, 0.2) is 66.1 Å². The summed E-state index contributed by atoms with van der Waals surface area (Å²) in [7, 11) is -3.69. The Morgan fingerprint density at radius 3 is 2.41 bits per heavy atom. The number of halogens is 1. The lowest BCUT2D eigenvalue weighted by Gasteiger charge is -2.19. The highest BCUT2D eigenvalue weighted by Gasteiger charge is 2.24. The molecule has 0 saturated heterocycles. The molecular formula is C20H21ClN4O3S. The number of amides is 1. The summed E-state index contributed by atoms with van der Waals surface area (Å²) in [6.45, 7) is 4.20. The third-order valence-corrected chi connectivity index (χ3v) is 6.83. The van der Waals surface area contributed by atoms with Crippen LogP contribution in [0.2, 0.25) is 5.02 Å². The number of carbonyl (C=O) groups is 1. The Morgan fingerprint density at radius 2 is 1.83 bits per heavy atom. The standard InChI is InChI=1S/C20H21ClN4O3S/c1-3-25(4-2)29(27,28)17-9-10-19(21)18(13-17)20(26)23-15-5-7-16(8-6-15)24-12-11-22-14-24/h5-14H,3-4H2,1-2H3,(H,23,26). The Balaban J connectivity index is 1.84. The van der Waals surface area contributed by atoms with Gasteiger partial charge in [0.05, 0.1) is 21.8 Å². The Morgan fingerprint density at radius 1 is 1.14 bits per heavy atom. The van der Waals surface area contributed by atoms with Gasteiger partial charge < -0.3 is 9.88 Å². The van der Waals surface area contributed by atoms with Gasteiger partial charge in [-0.2, -0.15) is 4.31 Å². The number of aromatic nitrogens is 2. The molecule has 7 nitrogen and oxygen atoms in total. The van der Waals surface area contributed by atoms with Crippen molar-refractivity contribution in [2.45, 2.75) is 18.7 Å². The smallest absolute Gasteiger partial charge is 0.257 e. The fourth-order valence-electron chi connectivity index (χ4n) is 2.88. The zero-order valence-corrected chi connectivity index (χ0v) is 17.6. The first-order valence-corrected chi connectivity index (χ1v) is 10.9. The van der Waals surface area contributed by atoms with Gasteiger partial charge in [0, 0.05) is 36.9 Å². The van der Waals surface area contributed by atoms with Crippen LogP contribution in [0.4, 0.5) is 5.69 Å². The number of hydrogen-bond donors (Lipinski definition) is 1. The van der Waals surface area contributed by atoms with Crippen LogP contribution in [0.5, 0.6) is 0 Å². The van der Waals surface area contributed by atoms with E-state index in [2.05, 4.69) is 10.3 Å². The minimum absolute atomic E-state index is 0.0335. The number of rotatable bonds is 7. The SMILES string of the molecule is CCN(CC)S(=O)(=O)c1ccc(Cl)c(C(=O)Nc2ccc(-n3ccnc3)cc2)c1. The summed E-state index contributed by atoms with van der Waals surface area (Å²) in [5.74, 6) is -0.484.